The Hall–Kier alpha value is -0.640. The number of hydrogen-bond donors (Lipinski definition) is 0. The van der Waals surface area contributed by atoms with Crippen molar-refractivity contribution in [3.63, 3.8) is 0 Å². The van der Waals surface area contributed by atoms with Crippen molar-refractivity contribution < 1.29 is 8.42 Å². The zero-order valence-electron chi connectivity index (χ0n) is 6.33. The summed E-state index contributed by atoms with van der Waals surface area (Å²) < 4.78 is 21.4. The van der Waals surface area contributed by atoms with Crippen molar-refractivity contribution in [1.82, 2.24) is 0 Å². The lowest BCUT2D eigenvalue weighted by molar-refractivity contribution is 0.607. The van der Waals surface area contributed by atoms with Crippen LogP contribution in [0.4, 0.5) is 0 Å². The zero-order chi connectivity index (χ0) is 8.20. The molecule has 58 valence electrons. The Bertz CT molecular complexity index is 249. The van der Waals surface area contributed by atoms with Crippen LogP contribution in [0.25, 0.3) is 0 Å². The maximum absolute atomic E-state index is 10.7. The van der Waals surface area contributed by atoms with Gasteiger partial charge in [0.15, 0.2) is 9.84 Å². The fourth-order valence-electron chi connectivity index (χ4n) is 0.303. The van der Waals surface area contributed by atoms with Crippen LogP contribution < -0.4 is 0 Å². The molecule has 0 atom stereocenters. The second-order valence-electron chi connectivity index (χ2n) is 1.96. The van der Waals surface area contributed by atoms with Crippen molar-refractivity contribution in [3.05, 3.63) is 11.0 Å². The molecule has 0 N–H and O–H groups in total. The number of nitrogens with zero attached hydrogens (tertiary/aromatic N) is 1. The van der Waals surface area contributed by atoms with Crippen molar-refractivity contribution >= 4 is 16.1 Å². The number of aliphatic imine (C=N–C) groups is 1. The molecule has 0 rings (SSSR count). The lowest BCUT2D eigenvalue weighted by Crippen LogP contribution is -1.96. The van der Waals surface area contributed by atoms with Gasteiger partial charge in [-0.2, -0.15) is 0 Å². The minimum Gasteiger partial charge on any atom is -0.296 e. The van der Waals surface area contributed by atoms with Crippen LogP contribution in [0.2, 0.25) is 0 Å². The molecule has 0 aromatic heterocycles. The Morgan fingerprint density at radius 2 is 2.00 bits per heavy atom. The summed E-state index contributed by atoms with van der Waals surface area (Å²) in [6, 6.07) is 0. The zero-order valence-corrected chi connectivity index (χ0v) is 7.14. The summed E-state index contributed by atoms with van der Waals surface area (Å²) in [6.45, 7) is 1.54. The Balaban J connectivity index is 4.52. The molecule has 0 spiro atoms. The molecule has 0 bridgehead atoms. The van der Waals surface area contributed by atoms with Crippen LogP contribution >= 0.6 is 0 Å². The summed E-state index contributed by atoms with van der Waals surface area (Å²) in [7, 11) is -1.42. The Labute approximate surface area is 61.4 Å². The third-order valence-corrected chi connectivity index (χ3v) is 2.35. The highest BCUT2D eigenvalue weighted by atomic mass is 32.2. The van der Waals surface area contributed by atoms with E-state index in [0.29, 0.717) is 4.91 Å². The molecule has 10 heavy (non-hydrogen) atoms. The fraction of sp³-hybridized carbons (Fsp3) is 0.500. The summed E-state index contributed by atoms with van der Waals surface area (Å²) in [5.41, 5.74) is 0. The maximum atomic E-state index is 10.7. The van der Waals surface area contributed by atoms with Gasteiger partial charge in [-0.15, -0.1) is 0 Å². The van der Waals surface area contributed by atoms with E-state index in [9.17, 15) is 8.42 Å². The highest BCUT2D eigenvalue weighted by Crippen LogP contribution is 1.99. The van der Waals surface area contributed by atoms with Gasteiger partial charge in [0.2, 0.25) is 0 Å². The molecule has 0 amide bonds. The van der Waals surface area contributed by atoms with Crippen LogP contribution in [0.15, 0.2) is 16.0 Å². The van der Waals surface area contributed by atoms with Gasteiger partial charge in [-0.1, -0.05) is 0 Å². The second-order valence-corrected chi connectivity index (χ2v) is 4.15. The van der Waals surface area contributed by atoms with Crippen LogP contribution in [0, 0.1) is 0 Å². The molecule has 0 aromatic rings. The largest absolute Gasteiger partial charge is 0.296 e. The number of hydrogen-bond acceptors (Lipinski definition) is 3. The molecule has 0 aliphatic heterocycles. The number of rotatable bonds is 2. The van der Waals surface area contributed by atoms with E-state index in [1.54, 1.807) is 7.05 Å². The normalized spacial score (nSPS) is 14.5. The van der Waals surface area contributed by atoms with E-state index < -0.39 is 9.84 Å². The monoisotopic (exact) mass is 161 g/mol. The molecule has 0 aromatic carbocycles. The summed E-state index contributed by atoms with van der Waals surface area (Å²) in [5.74, 6) is 0. The smallest absolute Gasteiger partial charge is 0.171 e. The first kappa shape index (κ1) is 9.36. The van der Waals surface area contributed by atoms with E-state index in [4.69, 9.17) is 0 Å². The quantitative estimate of drug-likeness (QED) is 0.558. The topological polar surface area (TPSA) is 46.5 Å². The maximum Gasteiger partial charge on any atom is 0.171 e. The number of sulfone groups is 1. The van der Waals surface area contributed by atoms with Crippen LogP contribution in [-0.2, 0) is 9.84 Å². The predicted molar refractivity (Wildman–Crippen MR) is 43.0 cm³/mol. The first-order valence-corrected chi connectivity index (χ1v) is 4.66. The highest BCUT2D eigenvalue weighted by molar-refractivity contribution is 7.94. The van der Waals surface area contributed by atoms with Crippen molar-refractivity contribution in [2.24, 2.45) is 4.99 Å². The molecular formula is C6H11NO2S. The van der Waals surface area contributed by atoms with Gasteiger partial charge in [0.1, 0.15) is 0 Å². The molecule has 0 radical (unpaired) electrons. The predicted octanol–water partition coefficient (Wildman–Crippen LogP) is 0.635. The summed E-state index contributed by atoms with van der Waals surface area (Å²) in [6.07, 6.45) is 4.09. The lowest BCUT2D eigenvalue weighted by atomic mass is 10.5. The Kier molecular flexibility index (Phi) is 3.28. The summed E-state index contributed by atoms with van der Waals surface area (Å²) in [4.78, 5) is 3.95. The average molecular weight is 161 g/mol. The summed E-state index contributed by atoms with van der Waals surface area (Å²) >= 11 is 0. The fourth-order valence-corrected chi connectivity index (χ4v) is 0.611. The first-order valence-electron chi connectivity index (χ1n) is 2.77. The van der Waals surface area contributed by atoms with Crippen LogP contribution in [-0.4, -0.2) is 27.9 Å². The molecular weight excluding hydrogens is 150 g/mol. The van der Waals surface area contributed by atoms with Gasteiger partial charge in [-0.3, -0.25) is 4.99 Å². The van der Waals surface area contributed by atoms with E-state index in [2.05, 4.69) is 4.99 Å². The third-order valence-electron chi connectivity index (χ3n) is 1.04. The van der Waals surface area contributed by atoms with Crippen LogP contribution in [0.3, 0.4) is 0 Å². The van der Waals surface area contributed by atoms with Gasteiger partial charge in [0.25, 0.3) is 0 Å². The average Bonchev–Trinajstić information content (AvgIpc) is 1.80. The minimum absolute atomic E-state index is 0.332. The van der Waals surface area contributed by atoms with E-state index in [0.717, 1.165) is 0 Å². The van der Waals surface area contributed by atoms with Gasteiger partial charge in [0, 0.05) is 24.4 Å². The van der Waals surface area contributed by atoms with Crippen LogP contribution in [0.1, 0.15) is 6.92 Å². The molecule has 0 fully saturated rings. The SMILES string of the molecule is CN=C/C=C(\C)S(C)(=O)=O. The molecule has 0 aliphatic carbocycles. The van der Waals surface area contributed by atoms with E-state index >= 15 is 0 Å². The van der Waals surface area contributed by atoms with Crippen LogP contribution in [0.5, 0.6) is 0 Å². The van der Waals surface area contributed by atoms with Crippen molar-refractivity contribution in [1.29, 1.82) is 0 Å². The van der Waals surface area contributed by atoms with E-state index in [-0.39, 0.29) is 0 Å². The van der Waals surface area contributed by atoms with Gasteiger partial charge < -0.3 is 0 Å². The Morgan fingerprint density at radius 1 is 1.50 bits per heavy atom. The molecule has 0 saturated heterocycles. The van der Waals surface area contributed by atoms with Crippen molar-refractivity contribution in [3.8, 4) is 0 Å². The Morgan fingerprint density at radius 3 is 2.30 bits per heavy atom. The van der Waals surface area contributed by atoms with Crippen molar-refractivity contribution in [2.45, 2.75) is 6.92 Å². The van der Waals surface area contributed by atoms with Gasteiger partial charge in [-0.05, 0) is 13.0 Å². The highest BCUT2D eigenvalue weighted by Gasteiger charge is 2.01. The van der Waals surface area contributed by atoms with Gasteiger partial charge in [-0.25, -0.2) is 8.42 Å². The van der Waals surface area contributed by atoms with Crippen molar-refractivity contribution in [2.75, 3.05) is 13.3 Å². The second kappa shape index (κ2) is 3.51. The van der Waals surface area contributed by atoms with Gasteiger partial charge >= 0.3 is 0 Å². The summed E-state index contributed by atoms with van der Waals surface area (Å²) in [5, 5.41) is 0. The minimum atomic E-state index is -3.01. The standard InChI is InChI=1S/C6H11NO2S/c1-6(4-5-7-2)10(3,8)9/h4-5H,1-3H3/b6-4+,7-5?. The lowest BCUT2D eigenvalue weighted by Gasteiger charge is -1.91. The molecule has 3 nitrogen and oxygen atoms in total. The van der Waals surface area contributed by atoms with E-state index in [1.165, 1.54) is 25.5 Å². The molecule has 4 heteroatoms. The number of allylic oxidation sites excluding steroid dienone is 2. The molecule has 0 unspecified atom stereocenters. The van der Waals surface area contributed by atoms with E-state index in [1.807, 2.05) is 0 Å². The van der Waals surface area contributed by atoms with Gasteiger partial charge in [0.05, 0.1) is 0 Å². The first-order chi connectivity index (χ1) is 4.48. The molecule has 0 aliphatic rings. The third kappa shape index (κ3) is 3.40. The molecule has 0 saturated carbocycles. The molecule has 0 heterocycles.